The molecule has 4 rings (SSSR count). The third kappa shape index (κ3) is 3.24. The maximum Gasteiger partial charge on any atom is 0.191 e. The van der Waals surface area contributed by atoms with Crippen molar-refractivity contribution in [2.75, 3.05) is 0 Å². The van der Waals surface area contributed by atoms with Crippen LogP contribution in [0.3, 0.4) is 0 Å². The lowest BCUT2D eigenvalue weighted by molar-refractivity contribution is 0.0991. The quantitative estimate of drug-likeness (QED) is 0.376. The zero-order valence-electron chi connectivity index (χ0n) is 16.1. The lowest BCUT2D eigenvalue weighted by Gasteiger charge is -2.15. The zero-order chi connectivity index (χ0) is 19.7. The number of fused-ring (bicyclic) bond motifs is 1. The number of para-hydroxylation sites is 1. The van der Waals surface area contributed by atoms with Crippen molar-refractivity contribution < 1.29 is 4.79 Å². The summed E-state index contributed by atoms with van der Waals surface area (Å²) in [5, 5.41) is 9.69. The van der Waals surface area contributed by atoms with E-state index in [2.05, 4.69) is 28.2 Å². The molecule has 0 bridgehead atoms. The molecule has 0 aliphatic heterocycles. The normalized spacial score (nSPS) is 12.4. The molecule has 1 atom stereocenters. The molecule has 4 aromatic rings. The highest BCUT2D eigenvalue weighted by Crippen LogP contribution is 2.38. The lowest BCUT2D eigenvalue weighted by atomic mass is 10.0. The van der Waals surface area contributed by atoms with Crippen molar-refractivity contribution in [1.82, 2.24) is 19.7 Å². The molecule has 28 heavy (non-hydrogen) atoms. The van der Waals surface area contributed by atoms with E-state index in [1.54, 1.807) is 0 Å². The van der Waals surface area contributed by atoms with Crippen molar-refractivity contribution in [3.8, 4) is 0 Å². The van der Waals surface area contributed by atoms with E-state index in [-0.39, 0.29) is 5.78 Å². The summed E-state index contributed by atoms with van der Waals surface area (Å²) in [6.07, 6.45) is 2.76. The highest BCUT2D eigenvalue weighted by Gasteiger charge is 2.27. The van der Waals surface area contributed by atoms with Crippen molar-refractivity contribution in [3.05, 3.63) is 77.2 Å². The molecular formula is C22H22N4OS. The molecule has 0 aliphatic carbocycles. The Hall–Kier alpha value is -2.86. The number of nitrogens with zero attached hydrogens (tertiary/aromatic N) is 3. The molecule has 2 aromatic carbocycles. The molecule has 0 radical (unpaired) electrons. The molecule has 0 aliphatic rings. The van der Waals surface area contributed by atoms with Crippen molar-refractivity contribution in [3.63, 3.8) is 0 Å². The first kappa shape index (κ1) is 18.5. The summed E-state index contributed by atoms with van der Waals surface area (Å²) in [4.78, 5) is 17.0. The molecule has 0 saturated carbocycles. The fraction of sp³-hybridized carbons (Fsp3) is 0.227. The molecule has 5 nitrogen and oxygen atoms in total. The number of nitrogens with one attached hydrogen (secondary N) is 1. The summed E-state index contributed by atoms with van der Waals surface area (Å²) in [5.41, 5.74) is 3.92. The van der Waals surface area contributed by atoms with E-state index in [1.807, 2.05) is 67.2 Å². The Morgan fingerprint density at radius 2 is 1.93 bits per heavy atom. The summed E-state index contributed by atoms with van der Waals surface area (Å²) >= 11 is 1.44. The number of benzene rings is 2. The molecule has 6 heteroatoms. The van der Waals surface area contributed by atoms with Crippen LogP contribution in [-0.4, -0.2) is 25.5 Å². The topological polar surface area (TPSA) is 63.6 Å². The minimum atomic E-state index is -0.396. The van der Waals surface area contributed by atoms with Crippen LogP contribution in [0.1, 0.15) is 39.5 Å². The van der Waals surface area contributed by atoms with Crippen molar-refractivity contribution in [2.24, 2.45) is 7.05 Å². The number of aromatic nitrogens is 4. The van der Waals surface area contributed by atoms with E-state index in [0.717, 1.165) is 33.9 Å². The molecule has 142 valence electrons. The highest BCUT2D eigenvalue weighted by molar-refractivity contribution is 8.00. The molecule has 0 amide bonds. The van der Waals surface area contributed by atoms with Gasteiger partial charge >= 0.3 is 0 Å². The average molecular weight is 391 g/mol. The molecule has 0 fully saturated rings. The monoisotopic (exact) mass is 390 g/mol. The average Bonchev–Trinajstić information content (AvgIpc) is 3.30. The van der Waals surface area contributed by atoms with E-state index < -0.39 is 5.25 Å². The molecule has 0 saturated heterocycles. The number of aromatic amines is 1. The predicted octanol–water partition coefficient (Wildman–Crippen LogP) is 4.88. The van der Waals surface area contributed by atoms with Crippen LogP contribution in [0.5, 0.6) is 0 Å². The molecule has 2 aromatic heterocycles. The lowest BCUT2D eigenvalue weighted by Crippen LogP contribution is -2.11. The second-order valence-electron chi connectivity index (χ2n) is 6.76. The van der Waals surface area contributed by atoms with Gasteiger partial charge in [0.25, 0.3) is 0 Å². The Morgan fingerprint density at radius 1 is 1.14 bits per heavy atom. The number of carbonyl (C=O) groups excluding carboxylic acids is 1. The SMILES string of the molecule is CCc1cccc2c(C(=O)[C@@H](Sc3nnc(C)n3C)c3ccccc3)c[nH]c12. The molecule has 0 unspecified atom stereocenters. The Morgan fingerprint density at radius 3 is 2.61 bits per heavy atom. The standard InChI is InChI=1S/C22H22N4OS/c1-4-15-11-8-12-17-18(13-23-19(15)17)20(27)21(16-9-6-5-7-10-16)28-22-25-24-14(2)26(22)3/h5-13,21,23H,4H2,1-3H3/t21-/m0/s1. The fourth-order valence-corrected chi connectivity index (χ4v) is 4.47. The van der Waals surface area contributed by atoms with Crippen molar-refractivity contribution in [1.29, 1.82) is 0 Å². The van der Waals surface area contributed by atoms with Crippen LogP contribution in [0, 0.1) is 6.92 Å². The van der Waals surface area contributed by atoms with Gasteiger partial charge in [0.1, 0.15) is 11.1 Å². The Labute approximate surface area is 168 Å². The van der Waals surface area contributed by atoms with Gasteiger partial charge in [-0.05, 0) is 24.5 Å². The number of thioether (sulfide) groups is 1. The van der Waals surface area contributed by atoms with Gasteiger partial charge in [-0.15, -0.1) is 10.2 Å². The van der Waals surface area contributed by atoms with E-state index in [0.29, 0.717) is 5.56 Å². The molecular weight excluding hydrogens is 368 g/mol. The summed E-state index contributed by atoms with van der Waals surface area (Å²) < 4.78 is 1.91. The number of carbonyl (C=O) groups is 1. The number of rotatable bonds is 6. The summed E-state index contributed by atoms with van der Waals surface area (Å²) in [5.74, 6) is 0.887. The first-order valence-corrected chi connectivity index (χ1v) is 10.2. The van der Waals surface area contributed by atoms with Gasteiger partial charge in [-0.1, -0.05) is 67.2 Å². The van der Waals surface area contributed by atoms with E-state index in [4.69, 9.17) is 0 Å². The van der Waals surface area contributed by atoms with Gasteiger partial charge in [0.2, 0.25) is 0 Å². The van der Waals surface area contributed by atoms with Gasteiger partial charge in [0, 0.05) is 29.7 Å². The third-order valence-corrected chi connectivity index (χ3v) is 6.35. The second kappa shape index (κ2) is 7.64. The van der Waals surface area contributed by atoms with Gasteiger partial charge in [-0.2, -0.15) is 0 Å². The van der Waals surface area contributed by atoms with Crippen LogP contribution >= 0.6 is 11.8 Å². The fourth-order valence-electron chi connectivity index (χ4n) is 3.35. The van der Waals surface area contributed by atoms with E-state index in [1.165, 1.54) is 17.3 Å². The smallest absolute Gasteiger partial charge is 0.191 e. The predicted molar refractivity (Wildman–Crippen MR) is 113 cm³/mol. The summed E-state index contributed by atoms with van der Waals surface area (Å²) in [6.45, 7) is 4.03. The third-order valence-electron chi connectivity index (χ3n) is 5.06. The highest BCUT2D eigenvalue weighted by atomic mass is 32.2. The summed E-state index contributed by atoms with van der Waals surface area (Å²) in [6, 6.07) is 16.0. The maximum atomic E-state index is 13.6. The molecule has 2 heterocycles. The minimum absolute atomic E-state index is 0.0661. The van der Waals surface area contributed by atoms with Gasteiger partial charge in [0.05, 0.1) is 0 Å². The van der Waals surface area contributed by atoms with Crippen LogP contribution in [0.25, 0.3) is 10.9 Å². The van der Waals surface area contributed by atoms with E-state index >= 15 is 0 Å². The van der Waals surface area contributed by atoms with Crippen LogP contribution in [0.2, 0.25) is 0 Å². The van der Waals surface area contributed by atoms with Crippen LogP contribution in [-0.2, 0) is 13.5 Å². The van der Waals surface area contributed by atoms with Crippen LogP contribution < -0.4 is 0 Å². The van der Waals surface area contributed by atoms with Crippen LogP contribution in [0.4, 0.5) is 0 Å². The summed E-state index contributed by atoms with van der Waals surface area (Å²) in [7, 11) is 1.92. The number of hydrogen-bond donors (Lipinski definition) is 1. The Kier molecular flexibility index (Phi) is 5.05. The second-order valence-corrected chi connectivity index (χ2v) is 7.83. The number of H-pyrrole nitrogens is 1. The maximum absolute atomic E-state index is 13.6. The first-order valence-electron chi connectivity index (χ1n) is 9.31. The Bertz CT molecular complexity index is 1130. The largest absolute Gasteiger partial charge is 0.360 e. The number of aryl methyl sites for hydroxylation is 2. The van der Waals surface area contributed by atoms with E-state index in [9.17, 15) is 4.79 Å². The minimum Gasteiger partial charge on any atom is -0.360 e. The number of Topliss-reactive ketones (excluding diaryl/α,β-unsaturated/α-hetero) is 1. The van der Waals surface area contributed by atoms with Gasteiger partial charge in [-0.3, -0.25) is 4.79 Å². The van der Waals surface area contributed by atoms with Gasteiger partial charge in [0.15, 0.2) is 10.9 Å². The number of hydrogen-bond acceptors (Lipinski definition) is 4. The first-order chi connectivity index (χ1) is 13.6. The van der Waals surface area contributed by atoms with Crippen molar-refractivity contribution >= 4 is 28.4 Å². The zero-order valence-corrected chi connectivity index (χ0v) is 17.0. The van der Waals surface area contributed by atoms with Crippen molar-refractivity contribution in [2.45, 2.75) is 30.7 Å². The Balaban J connectivity index is 1.78. The molecule has 1 N–H and O–H groups in total. The van der Waals surface area contributed by atoms with Gasteiger partial charge < -0.3 is 9.55 Å². The molecule has 0 spiro atoms. The number of ketones is 1. The van der Waals surface area contributed by atoms with Crippen LogP contribution in [0.15, 0.2) is 59.9 Å². The van der Waals surface area contributed by atoms with Gasteiger partial charge in [-0.25, -0.2) is 0 Å².